The first-order valence-electron chi connectivity index (χ1n) is 6.06. The van der Waals surface area contributed by atoms with Crippen molar-refractivity contribution in [1.82, 2.24) is 9.29 Å². The number of nitrogens with zero attached hydrogens (tertiary/aromatic N) is 2. The van der Waals surface area contributed by atoms with Gasteiger partial charge in [-0.2, -0.15) is 4.31 Å². The second-order valence-corrected chi connectivity index (χ2v) is 7.74. The molecule has 0 amide bonds. The fourth-order valence-corrected chi connectivity index (χ4v) is 4.03. The number of benzene rings is 1. The van der Waals surface area contributed by atoms with Crippen molar-refractivity contribution in [1.29, 1.82) is 0 Å². The van der Waals surface area contributed by atoms with E-state index in [2.05, 4.69) is 4.98 Å². The summed E-state index contributed by atoms with van der Waals surface area (Å²) in [5, 5.41) is 0. The molecular weight excluding hydrogens is 335 g/mol. The van der Waals surface area contributed by atoms with Gasteiger partial charge in [0.25, 0.3) is 0 Å². The molecule has 4 nitrogen and oxygen atoms in total. The average Bonchev–Trinajstić information content (AvgIpc) is 2.83. The number of sulfonamides is 1. The molecule has 0 N–H and O–H groups in total. The summed E-state index contributed by atoms with van der Waals surface area (Å²) in [5.74, 6) is -0.659. The summed E-state index contributed by atoms with van der Waals surface area (Å²) in [5.41, 5.74) is 2.97. The van der Waals surface area contributed by atoms with E-state index in [-0.39, 0.29) is 17.3 Å². The van der Waals surface area contributed by atoms with E-state index in [1.54, 1.807) is 5.51 Å². The van der Waals surface area contributed by atoms with E-state index in [9.17, 15) is 12.8 Å². The quantitative estimate of drug-likeness (QED) is 0.780. The lowest BCUT2D eigenvalue weighted by atomic mass is 10.2. The van der Waals surface area contributed by atoms with Crippen molar-refractivity contribution in [3.63, 3.8) is 0 Å². The second-order valence-electron chi connectivity index (χ2n) is 4.52. The molecule has 114 valence electrons. The summed E-state index contributed by atoms with van der Waals surface area (Å²) in [6, 6.07) is 3.90. The van der Waals surface area contributed by atoms with Crippen molar-refractivity contribution in [3.8, 4) is 0 Å². The zero-order valence-electron chi connectivity index (χ0n) is 11.5. The van der Waals surface area contributed by atoms with Crippen LogP contribution in [-0.2, 0) is 22.4 Å². The van der Waals surface area contributed by atoms with Crippen molar-refractivity contribution in [3.05, 3.63) is 45.7 Å². The number of alkyl halides is 1. The molecule has 0 fully saturated rings. The first-order valence-corrected chi connectivity index (χ1v) is 8.91. The summed E-state index contributed by atoms with van der Waals surface area (Å²) < 4.78 is 39.9. The Kier molecular flexibility index (Phi) is 4.98. The van der Waals surface area contributed by atoms with Crippen LogP contribution in [0.15, 0.2) is 28.6 Å². The number of halogens is 2. The maximum atomic E-state index is 14.0. The van der Waals surface area contributed by atoms with Crippen LogP contribution >= 0.6 is 22.9 Å². The molecule has 0 aliphatic carbocycles. The largest absolute Gasteiger partial charge is 0.250 e. The highest BCUT2D eigenvalue weighted by Gasteiger charge is 2.25. The number of aryl methyl sites for hydroxylation is 1. The van der Waals surface area contributed by atoms with Crippen LogP contribution in [0.4, 0.5) is 4.39 Å². The van der Waals surface area contributed by atoms with Gasteiger partial charge >= 0.3 is 0 Å². The Labute approximate surface area is 132 Å². The van der Waals surface area contributed by atoms with Crippen LogP contribution in [0.5, 0.6) is 0 Å². The van der Waals surface area contributed by atoms with Gasteiger partial charge in [0.1, 0.15) is 10.7 Å². The third-order valence-electron chi connectivity index (χ3n) is 3.05. The lowest BCUT2D eigenvalue weighted by Crippen LogP contribution is -2.27. The van der Waals surface area contributed by atoms with Crippen molar-refractivity contribution in [2.45, 2.75) is 24.2 Å². The van der Waals surface area contributed by atoms with Crippen molar-refractivity contribution in [2.24, 2.45) is 0 Å². The highest BCUT2D eigenvalue weighted by molar-refractivity contribution is 7.89. The van der Waals surface area contributed by atoms with Crippen LogP contribution in [0.25, 0.3) is 0 Å². The summed E-state index contributed by atoms with van der Waals surface area (Å²) in [6.07, 6.45) is 0. The molecule has 0 aliphatic rings. The van der Waals surface area contributed by atoms with Crippen LogP contribution < -0.4 is 0 Å². The fourth-order valence-electron chi connectivity index (χ4n) is 1.77. The van der Waals surface area contributed by atoms with Crippen LogP contribution in [0.2, 0.25) is 0 Å². The number of thiazole rings is 1. The SMILES string of the molecule is Cc1ncsc1CN(C)S(=O)(=O)c1ccc(CCl)cc1F. The minimum atomic E-state index is -3.89. The van der Waals surface area contributed by atoms with Gasteiger partial charge in [0.05, 0.1) is 11.2 Å². The Morgan fingerprint density at radius 2 is 2.14 bits per heavy atom. The predicted molar refractivity (Wildman–Crippen MR) is 81.5 cm³/mol. The van der Waals surface area contributed by atoms with Gasteiger partial charge in [-0.3, -0.25) is 0 Å². The minimum absolute atomic E-state index is 0.132. The molecule has 1 heterocycles. The minimum Gasteiger partial charge on any atom is -0.250 e. The number of aromatic nitrogens is 1. The molecule has 0 atom stereocenters. The van der Waals surface area contributed by atoms with Crippen molar-refractivity contribution in [2.75, 3.05) is 7.05 Å². The van der Waals surface area contributed by atoms with Crippen molar-refractivity contribution < 1.29 is 12.8 Å². The smallest absolute Gasteiger partial charge is 0.246 e. The fraction of sp³-hybridized carbons (Fsp3) is 0.308. The standard InChI is InChI=1S/C13H14ClFN2O2S2/c1-9-12(20-8-16-9)7-17(2)21(18,19)13-4-3-10(6-14)5-11(13)15/h3-5,8H,6-7H2,1-2H3. The molecule has 1 aromatic carbocycles. The Hall–Kier alpha value is -1.02. The topological polar surface area (TPSA) is 50.3 Å². The monoisotopic (exact) mass is 348 g/mol. The Morgan fingerprint density at radius 1 is 1.43 bits per heavy atom. The summed E-state index contributed by atoms with van der Waals surface area (Å²) in [7, 11) is -2.47. The Morgan fingerprint density at radius 3 is 2.67 bits per heavy atom. The van der Waals surface area contributed by atoms with E-state index >= 15 is 0 Å². The number of rotatable bonds is 5. The molecule has 1 aromatic heterocycles. The molecule has 21 heavy (non-hydrogen) atoms. The van der Waals surface area contributed by atoms with Crippen LogP contribution in [-0.4, -0.2) is 24.8 Å². The third-order valence-corrected chi connectivity index (χ3v) is 6.12. The van der Waals surface area contributed by atoms with E-state index in [4.69, 9.17) is 11.6 Å². The summed E-state index contributed by atoms with van der Waals surface area (Å²) in [4.78, 5) is 4.56. The number of hydrogen-bond acceptors (Lipinski definition) is 4. The lowest BCUT2D eigenvalue weighted by molar-refractivity contribution is 0.461. The molecule has 0 aliphatic heterocycles. The highest BCUT2D eigenvalue weighted by Crippen LogP contribution is 2.23. The van der Waals surface area contributed by atoms with Gasteiger partial charge in [0.2, 0.25) is 10.0 Å². The molecule has 8 heteroatoms. The van der Waals surface area contributed by atoms with Gasteiger partial charge in [-0.25, -0.2) is 17.8 Å². The Balaban J connectivity index is 2.31. The van der Waals surface area contributed by atoms with E-state index in [0.29, 0.717) is 5.56 Å². The summed E-state index contributed by atoms with van der Waals surface area (Å²) in [6.45, 7) is 1.97. The molecule has 2 aromatic rings. The first kappa shape index (κ1) is 16.4. The molecule has 2 rings (SSSR count). The van der Waals surface area contributed by atoms with Gasteiger partial charge < -0.3 is 0 Å². The molecular formula is C13H14ClFN2O2S2. The maximum absolute atomic E-state index is 14.0. The predicted octanol–water partition coefficient (Wildman–Crippen LogP) is 3.15. The van der Waals surface area contributed by atoms with Crippen molar-refractivity contribution >= 4 is 33.0 Å². The van der Waals surface area contributed by atoms with E-state index < -0.39 is 15.8 Å². The highest BCUT2D eigenvalue weighted by atomic mass is 35.5. The molecule has 0 saturated heterocycles. The molecule has 0 spiro atoms. The first-order chi connectivity index (χ1) is 9.86. The van der Waals surface area contributed by atoms with Gasteiger partial charge in [0.15, 0.2) is 0 Å². The van der Waals surface area contributed by atoms with E-state index in [0.717, 1.165) is 20.9 Å². The number of hydrogen-bond donors (Lipinski definition) is 0. The van der Waals surface area contributed by atoms with Gasteiger partial charge in [-0.1, -0.05) is 6.07 Å². The van der Waals surface area contributed by atoms with Crippen LogP contribution in [0.1, 0.15) is 16.1 Å². The normalized spacial score (nSPS) is 12.0. The zero-order valence-corrected chi connectivity index (χ0v) is 13.9. The second kappa shape index (κ2) is 6.39. The lowest BCUT2D eigenvalue weighted by Gasteiger charge is -2.17. The summed E-state index contributed by atoms with van der Waals surface area (Å²) >= 11 is 6.98. The molecule has 0 unspecified atom stereocenters. The van der Waals surface area contributed by atoms with Gasteiger partial charge in [0, 0.05) is 24.3 Å². The molecule has 0 radical (unpaired) electrons. The molecule has 0 bridgehead atoms. The zero-order chi connectivity index (χ0) is 15.6. The van der Waals surface area contributed by atoms with Crippen LogP contribution in [0, 0.1) is 12.7 Å². The van der Waals surface area contributed by atoms with E-state index in [1.807, 2.05) is 6.92 Å². The van der Waals surface area contributed by atoms with Gasteiger partial charge in [-0.05, 0) is 24.6 Å². The third kappa shape index (κ3) is 3.42. The van der Waals surface area contributed by atoms with Gasteiger partial charge in [-0.15, -0.1) is 22.9 Å². The van der Waals surface area contributed by atoms with Crippen LogP contribution in [0.3, 0.4) is 0 Å². The maximum Gasteiger partial charge on any atom is 0.246 e. The van der Waals surface area contributed by atoms with E-state index in [1.165, 1.54) is 30.5 Å². The Bertz CT molecular complexity index is 746. The molecule has 0 saturated carbocycles. The average molecular weight is 349 g/mol.